The van der Waals surface area contributed by atoms with Crippen LogP contribution in [0.15, 0.2) is 24.3 Å². The lowest BCUT2D eigenvalue weighted by Crippen LogP contribution is -1.99. The Morgan fingerprint density at radius 3 is 2.95 bits per heavy atom. The molecule has 0 N–H and O–H groups in total. The Labute approximate surface area is 120 Å². The Balaban J connectivity index is 2.10. The van der Waals surface area contributed by atoms with Crippen LogP contribution in [0.4, 0.5) is 0 Å². The summed E-state index contributed by atoms with van der Waals surface area (Å²) >= 11 is 1.66. The number of hydrogen-bond donors (Lipinski definition) is 0. The molecule has 4 rings (SSSR count). The fourth-order valence-electron chi connectivity index (χ4n) is 2.63. The van der Waals surface area contributed by atoms with Crippen molar-refractivity contribution in [2.24, 2.45) is 0 Å². The average Bonchev–Trinajstić information content (AvgIpc) is 3.00. The van der Waals surface area contributed by atoms with Gasteiger partial charge in [0, 0.05) is 11.8 Å². The molecule has 2 heterocycles. The lowest BCUT2D eigenvalue weighted by Gasteiger charge is -2.01. The van der Waals surface area contributed by atoms with Crippen LogP contribution in [-0.4, -0.2) is 19.8 Å². The van der Waals surface area contributed by atoms with Gasteiger partial charge in [-0.25, -0.2) is 0 Å². The largest absolute Gasteiger partial charge is 0.233 e. The van der Waals surface area contributed by atoms with Gasteiger partial charge in [0.1, 0.15) is 5.69 Å². The van der Waals surface area contributed by atoms with Crippen LogP contribution < -0.4 is 0 Å². The zero-order valence-electron chi connectivity index (χ0n) is 11.4. The van der Waals surface area contributed by atoms with E-state index in [4.69, 9.17) is 5.10 Å². The first-order valence-electron chi connectivity index (χ1n) is 6.81. The molecule has 0 saturated heterocycles. The van der Waals surface area contributed by atoms with Crippen LogP contribution in [0.25, 0.3) is 26.3 Å². The first-order valence-corrected chi connectivity index (χ1v) is 7.62. The topological polar surface area (TPSA) is 43.1 Å². The maximum atomic E-state index is 4.79. The summed E-state index contributed by atoms with van der Waals surface area (Å²) in [7, 11) is 0. The summed E-state index contributed by atoms with van der Waals surface area (Å²) < 4.78 is 1.90. The number of rotatable bonds is 2. The highest BCUT2D eigenvalue weighted by Crippen LogP contribution is 2.37. The second-order valence-electron chi connectivity index (χ2n) is 5.06. The van der Waals surface area contributed by atoms with Gasteiger partial charge >= 0.3 is 0 Å². The molecule has 0 amide bonds. The minimum Gasteiger partial charge on any atom is -0.188 e. The van der Waals surface area contributed by atoms with Crippen molar-refractivity contribution >= 4 is 27.1 Å². The molecule has 1 aromatic carbocycles. The van der Waals surface area contributed by atoms with E-state index >= 15 is 0 Å². The van der Waals surface area contributed by atoms with Gasteiger partial charge in [-0.05, 0) is 30.4 Å². The first kappa shape index (κ1) is 11.8. The van der Waals surface area contributed by atoms with Crippen molar-refractivity contribution in [3.05, 3.63) is 35.7 Å². The van der Waals surface area contributed by atoms with Gasteiger partial charge in [-0.3, -0.25) is 0 Å². The van der Waals surface area contributed by atoms with Crippen molar-refractivity contribution < 1.29 is 0 Å². The summed E-state index contributed by atoms with van der Waals surface area (Å²) in [6.45, 7) is 4.28. The van der Waals surface area contributed by atoms with Crippen LogP contribution in [0.5, 0.6) is 0 Å². The molecule has 1 aromatic heterocycles. The van der Waals surface area contributed by atoms with Crippen LogP contribution in [0.3, 0.4) is 0 Å². The van der Waals surface area contributed by atoms with Gasteiger partial charge in [-0.1, -0.05) is 36.5 Å². The Kier molecular flexibility index (Phi) is 2.50. The molecule has 1 aliphatic carbocycles. The molecule has 0 unspecified atom stereocenters. The predicted octanol–water partition coefficient (Wildman–Crippen LogP) is 3.70. The maximum absolute atomic E-state index is 4.79. The third-order valence-electron chi connectivity index (χ3n) is 3.64. The zero-order valence-corrected chi connectivity index (χ0v) is 12.2. The Morgan fingerprint density at radius 1 is 1.20 bits per heavy atom. The van der Waals surface area contributed by atoms with Crippen molar-refractivity contribution in [1.82, 2.24) is 19.8 Å². The number of nitrogens with zero attached hydrogens (tertiary/aromatic N) is 4. The van der Waals surface area contributed by atoms with Gasteiger partial charge in [0.15, 0.2) is 5.82 Å². The second-order valence-corrected chi connectivity index (χ2v) is 6.07. The molecule has 0 radical (unpaired) electrons. The van der Waals surface area contributed by atoms with E-state index in [1.54, 1.807) is 11.3 Å². The van der Waals surface area contributed by atoms with Crippen LogP contribution >= 0.6 is 11.3 Å². The monoisotopic (exact) mass is 282 g/mol. The van der Waals surface area contributed by atoms with Crippen LogP contribution in [0, 0.1) is 6.92 Å². The van der Waals surface area contributed by atoms with Gasteiger partial charge in [0.25, 0.3) is 0 Å². The van der Waals surface area contributed by atoms with E-state index in [0.717, 1.165) is 29.3 Å². The summed E-state index contributed by atoms with van der Waals surface area (Å²) in [6, 6.07) is 8.58. The van der Waals surface area contributed by atoms with Crippen molar-refractivity contribution in [3.63, 3.8) is 0 Å². The average molecular weight is 282 g/mol. The highest BCUT2D eigenvalue weighted by atomic mass is 32.1. The van der Waals surface area contributed by atoms with E-state index in [0.29, 0.717) is 0 Å². The van der Waals surface area contributed by atoms with E-state index in [2.05, 4.69) is 48.3 Å². The van der Waals surface area contributed by atoms with Crippen molar-refractivity contribution in [2.45, 2.75) is 26.7 Å². The normalized spacial score (nSPS) is 11.9. The fraction of sp³-hybridized carbons (Fsp3) is 0.267. The van der Waals surface area contributed by atoms with Gasteiger partial charge in [-0.15, -0.1) is 10.2 Å². The van der Waals surface area contributed by atoms with E-state index in [9.17, 15) is 0 Å². The minimum atomic E-state index is 0.869. The summed E-state index contributed by atoms with van der Waals surface area (Å²) in [5, 5.41) is 15.8. The van der Waals surface area contributed by atoms with Gasteiger partial charge in [0.05, 0.1) is 4.88 Å². The van der Waals surface area contributed by atoms with E-state index < -0.39 is 0 Å². The SMILES string of the molecule is CCCc1nnc2sc3cc4c(C)cccc4c-3nn12. The maximum Gasteiger partial charge on any atom is 0.233 e. The number of fused-ring (bicyclic) bond motifs is 4. The highest BCUT2D eigenvalue weighted by molar-refractivity contribution is 7.20. The molecule has 4 nitrogen and oxygen atoms in total. The van der Waals surface area contributed by atoms with E-state index in [-0.39, 0.29) is 0 Å². The number of hydrogen-bond acceptors (Lipinski definition) is 4. The minimum absolute atomic E-state index is 0.869. The molecular formula is C15H14N4S. The van der Waals surface area contributed by atoms with Crippen molar-refractivity contribution in [2.75, 3.05) is 0 Å². The third-order valence-corrected chi connectivity index (χ3v) is 4.61. The molecule has 0 saturated carbocycles. The molecule has 0 fully saturated rings. The van der Waals surface area contributed by atoms with Crippen LogP contribution in [0.2, 0.25) is 0 Å². The molecule has 0 atom stereocenters. The zero-order chi connectivity index (χ0) is 13.7. The first-order chi connectivity index (χ1) is 9.78. The van der Waals surface area contributed by atoms with Gasteiger partial charge < -0.3 is 0 Å². The van der Waals surface area contributed by atoms with E-state index in [1.807, 2.05) is 4.52 Å². The molecule has 5 heteroatoms. The van der Waals surface area contributed by atoms with Crippen LogP contribution in [-0.2, 0) is 6.42 Å². The predicted molar refractivity (Wildman–Crippen MR) is 81.5 cm³/mol. The Morgan fingerprint density at radius 2 is 2.10 bits per heavy atom. The third kappa shape index (κ3) is 1.56. The standard InChI is InChI=1S/C15H14N4S/c1-3-5-13-16-17-15-19(13)18-14-10-7-4-6-9(2)11(10)8-12(14)20-15/h4,6-8H,3,5H2,1-2H3. The van der Waals surface area contributed by atoms with Crippen molar-refractivity contribution in [3.8, 4) is 10.6 Å². The number of benzene rings is 1. The van der Waals surface area contributed by atoms with Gasteiger partial charge in [0.2, 0.25) is 4.96 Å². The molecule has 100 valence electrons. The molecule has 1 aliphatic heterocycles. The second kappa shape index (κ2) is 4.24. The molecule has 20 heavy (non-hydrogen) atoms. The summed E-state index contributed by atoms with van der Waals surface area (Å²) in [4.78, 5) is 2.05. The quantitative estimate of drug-likeness (QED) is 0.563. The lowest BCUT2D eigenvalue weighted by molar-refractivity contribution is 0.775. The Bertz CT molecular complexity index is 890. The highest BCUT2D eigenvalue weighted by Gasteiger charge is 2.17. The number of aromatic nitrogens is 4. The molecule has 0 bridgehead atoms. The smallest absolute Gasteiger partial charge is 0.188 e. The van der Waals surface area contributed by atoms with Crippen molar-refractivity contribution in [1.29, 1.82) is 0 Å². The van der Waals surface area contributed by atoms with Gasteiger partial charge in [-0.2, -0.15) is 9.61 Å². The van der Waals surface area contributed by atoms with Crippen LogP contribution in [0.1, 0.15) is 24.7 Å². The molecule has 2 aromatic rings. The molecule has 0 spiro atoms. The summed E-state index contributed by atoms with van der Waals surface area (Å²) in [5.74, 6) is 0.947. The number of aryl methyl sites for hydroxylation is 2. The Hall–Kier alpha value is -2.01. The lowest BCUT2D eigenvalue weighted by atomic mass is 10.1. The van der Waals surface area contributed by atoms with E-state index in [1.165, 1.54) is 21.2 Å². The summed E-state index contributed by atoms with van der Waals surface area (Å²) in [5.41, 5.74) is 2.34. The molecular weight excluding hydrogens is 268 g/mol. The molecule has 2 aliphatic rings. The fourth-order valence-corrected chi connectivity index (χ4v) is 3.56. The summed E-state index contributed by atoms with van der Waals surface area (Å²) in [6.07, 6.45) is 1.95.